The summed E-state index contributed by atoms with van der Waals surface area (Å²) in [6.07, 6.45) is 89.6. The van der Waals surface area contributed by atoms with Crippen molar-refractivity contribution in [2.45, 2.75) is 386 Å². The van der Waals surface area contributed by atoms with Crippen molar-refractivity contribution in [2.24, 2.45) is 0 Å². The Kier molecular flexibility index (Phi) is 67.1. The van der Waals surface area contributed by atoms with Gasteiger partial charge in [0, 0.05) is 19.3 Å². The molecule has 0 rings (SSSR count). The Labute approximate surface area is 504 Å². The lowest BCUT2D eigenvalue weighted by Crippen LogP contribution is -2.30. The van der Waals surface area contributed by atoms with E-state index in [0.717, 1.165) is 77.0 Å². The number of unbranched alkanes of at least 4 members (excludes halogenated alkanes) is 45. The van der Waals surface area contributed by atoms with E-state index in [1.165, 1.54) is 263 Å². The van der Waals surface area contributed by atoms with Crippen LogP contribution in [0.5, 0.6) is 0 Å². The molecule has 0 aromatic rings. The largest absolute Gasteiger partial charge is 0.462 e. The van der Waals surface area contributed by atoms with Crippen molar-refractivity contribution in [1.82, 2.24) is 0 Å². The van der Waals surface area contributed by atoms with Crippen molar-refractivity contribution >= 4 is 17.9 Å². The Morgan fingerprint density at radius 1 is 0.247 bits per heavy atom. The van der Waals surface area contributed by atoms with Crippen LogP contribution >= 0.6 is 0 Å². The summed E-state index contributed by atoms with van der Waals surface area (Å²) in [6.45, 7) is 6.66. The Morgan fingerprint density at radius 2 is 0.444 bits per heavy atom. The van der Waals surface area contributed by atoms with Crippen LogP contribution in [0.3, 0.4) is 0 Å². The van der Waals surface area contributed by atoms with Gasteiger partial charge >= 0.3 is 17.9 Å². The van der Waals surface area contributed by atoms with E-state index in [-0.39, 0.29) is 31.1 Å². The zero-order valence-electron chi connectivity index (χ0n) is 54.3. The first-order chi connectivity index (χ1) is 40.0. The number of hydrogen-bond acceptors (Lipinski definition) is 6. The van der Waals surface area contributed by atoms with Crippen molar-refractivity contribution in [1.29, 1.82) is 0 Å². The molecule has 0 heterocycles. The third-order valence-corrected chi connectivity index (χ3v) is 16.0. The van der Waals surface area contributed by atoms with Crippen LogP contribution in [0.15, 0.2) is 60.8 Å². The van der Waals surface area contributed by atoms with Crippen LogP contribution in [0.25, 0.3) is 0 Å². The van der Waals surface area contributed by atoms with Crippen LogP contribution in [0.4, 0.5) is 0 Å². The van der Waals surface area contributed by atoms with E-state index >= 15 is 0 Å². The first kappa shape index (κ1) is 78.1. The molecule has 0 spiro atoms. The molecule has 0 aromatic carbocycles. The fourth-order valence-corrected chi connectivity index (χ4v) is 10.6. The van der Waals surface area contributed by atoms with Gasteiger partial charge < -0.3 is 14.2 Å². The molecule has 0 aliphatic carbocycles. The van der Waals surface area contributed by atoms with E-state index in [1.807, 2.05) is 0 Å². The van der Waals surface area contributed by atoms with Gasteiger partial charge in [0.2, 0.25) is 0 Å². The number of esters is 3. The van der Waals surface area contributed by atoms with Crippen LogP contribution in [0.2, 0.25) is 0 Å². The van der Waals surface area contributed by atoms with Crippen LogP contribution in [-0.2, 0) is 28.6 Å². The molecule has 0 amide bonds. The van der Waals surface area contributed by atoms with E-state index in [4.69, 9.17) is 14.2 Å². The van der Waals surface area contributed by atoms with Crippen molar-refractivity contribution in [3.05, 3.63) is 60.8 Å². The maximum atomic E-state index is 12.9. The number of carbonyl (C=O) groups is 3. The molecular formula is C75H136O6. The lowest BCUT2D eigenvalue weighted by molar-refractivity contribution is -0.167. The minimum absolute atomic E-state index is 0.0749. The molecule has 1 unspecified atom stereocenters. The second-order valence-corrected chi connectivity index (χ2v) is 24.1. The molecule has 0 fully saturated rings. The molecule has 0 aliphatic heterocycles. The number of allylic oxidation sites excluding steroid dienone is 10. The topological polar surface area (TPSA) is 78.9 Å². The van der Waals surface area contributed by atoms with Gasteiger partial charge in [0.15, 0.2) is 6.10 Å². The molecule has 0 aliphatic rings. The second-order valence-electron chi connectivity index (χ2n) is 24.1. The van der Waals surface area contributed by atoms with E-state index < -0.39 is 6.10 Å². The predicted octanol–water partition coefficient (Wildman–Crippen LogP) is 24.7. The van der Waals surface area contributed by atoms with E-state index in [2.05, 4.69) is 81.5 Å². The highest BCUT2D eigenvalue weighted by Gasteiger charge is 2.19. The summed E-state index contributed by atoms with van der Waals surface area (Å²) in [5.74, 6) is -0.864. The fraction of sp³-hybridized carbons (Fsp3) is 0.827. The van der Waals surface area contributed by atoms with Gasteiger partial charge in [-0.05, 0) is 109 Å². The second kappa shape index (κ2) is 69.6. The number of hydrogen-bond donors (Lipinski definition) is 0. The van der Waals surface area contributed by atoms with Gasteiger partial charge in [-0.25, -0.2) is 0 Å². The van der Waals surface area contributed by atoms with Crippen molar-refractivity contribution in [2.75, 3.05) is 13.2 Å². The standard InChI is InChI=1S/C75H136O6/c1-4-7-10-13-16-19-22-25-27-29-31-33-34-35-36-37-38-39-40-42-43-45-47-50-53-56-59-62-65-68-74(77)80-71-72(70-79-73(76)67-64-61-58-55-52-49-24-21-18-15-12-9-6-3)81-75(78)69-66-63-60-57-54-51-48-46-44-41-32-30-28-26-23-20-17-14-11-8-5-2/h21-22,24-25,29-32,34-35,72H,4-20,23,26-28,33,36-71H2,1-3H3/b24-21-,25-22-,31-29-,32-30-,35-34-. The Morgan fingerprint density at radius 3 is 0.716 bits per heavy atom. The van der Waals surface area contributed by atoms with Gasteiger partial charge in [0.1, 0.15) is 13.2 Å². The summed E-state index contributed by atoms with van der Waals surface area (Å²) in [5.41, 5.74) is 0. The van der Waals surface area contributed by atoms with Gasteiger partial charge in [-0.1, -0.05) is 313 Å². The minimum Gasteiger partial charge on any atom is -0.462 e. The van der Waals surface area contributed by atoms with E-state index in [1.54, 1.807) is 0 Å². The van der Waals surface area contributed by atoms with Crippen LogP contribution in [-0.4, -0.2) is 37.2 Å². The molecule has 0 bridgehead atoms. The summed E-state index contributed by atoms with van der Waals surface area (Å²) in [5, 5.41) is 0. The number of carbonyl (C=O) groups excluding carboxylic acids is 3. The van der Waals surface area contributed by atoms with Crippen LogP contribution < -0.4 is 0 Å². The summed E-state index contributed by atoms with van der Waals surface area (Å²) in [6, 6.07) is 0. The highest BCUT2D eigenvalue weighted by Crippen LogP contribution is 2.18. The predicted molar refractivity (Wildman–Crippen MR) is 353 cm³/mol. The third-order valence-electron chi connectivity index (χ3n) is 16.0. The maximum Gasteiger partial charge on any atom is 0.306 e. The SMILES string of the molecule is CCCCCC/C=C\CCCCCCCC(=O)OCC(COC(=O)CCCCCCCCCCCCCCCC/C=C\C/C=C\C/C=C\CCCCCCC)OC(=O)CCCCCCCCCCC/C=C\CCCCCCCCCC. The smallest absolute Gasteiger partial charge is 0.306 e. The quantitative estimate of drug-likeness (QED) is 0.0261. The maximum absolute atomic E-state index is 12.9. The van der Waals surface area contributed by atoms with Crippen molar-refractivity contribution in [3.8, 4) is 0 Å². The zero-order valence-corrected chi connectivity index (χ0v) is 54.3. The van der Waals surface area contributed by atoms with Gasteiger partial charge in [-0.2, -0.15) is 0 Å². The van der Waals surface area contributed by atoms with Gasteiger partial charge in [0.05, 0.1) is 0 Å². The fourth-order valence-electron chi connectivity index (χ4n) is 10.6. The number of ether oxygens (including phenoxy) is 3. The number of rotatable bonds is 66. The minimum atomic E-state index is -0.779. The molecule has 472 valence electrons. The lowest BCUT2D eigenvalue weighted by Gasteiger charge is -2.18. The normalized spacial score (nSPS) is 12.4. The summed E-state index contributed by atoms with van der Waals surface area (Å²) >= 11 is 0. The molecule has 0 saturated heterocycles. The first-order valence-corrected chi connectivity index (χ1v) is 35.8. The zero-order chi connectivity index (χ0) is 58.5. The van der Waals surface area contributed by atoms with Crippen molar-refractivity contribution in [3.63, 3.8) is 0 Å². The van der Waals surface area contributed by atoms with Gasteiger partial charge in [-0.3, -0.25) is 14.4 Å². The highest BCUT2D eigenvalue weighted by molar-refractivity contribution is 5.71. The van der Waals surface area contributed by atoms with Gasteiger partial charge in [-0.15, -0.1) is 0 Å². The molecule has 1 atom stereocenters. The van der Waals surface area contributed by atoms with Crippen LogP contribution in [0.1, 0.15) is 380 Å². The molecule has 0 saturated carbocycles. The first-order valence-electron chi connectivity index (χ1n) is 35.8. The van der Waals surface area contributed by atoms with Gasteiger partial charge in [0.25, 0.3) is 0 Å². The highest BCUT2D eigenvalue weighted by atomic mass is 16.6. The van der Waals surface area contributed by atoms with Crippen LogP contribution in [0, 0.1) is 0 Å². The summed E-state index contributed by atoms with van der Waals surface area (Å²) < 4.78 is 17.0. The summed E-state index contributed by atoms with van der Waals surface area (Å²) in [4.78, 5) is 38.4. The third kappa shape index (κ3) is 67.8. The average molecular weight is 1130 g/mol. The Balaban J connectivity index is 4.23. The molecule has 6 heteroatoms. The molecule has 0 N–H and O–H groups in total. The van der Waals surface area contributed by atoms with E-state index in [9.17, 15) is 14.4 Å². The summed E-state index contributed by atoms with van der Waals surface area (Å²) in [7, 11) is 0. The molecule has 0 aromatic heterocycles. The lowest BCUT2D eigenvalue weighted by atomic mass is 10.0. The molecule has 81 heavy (non-hydrogen) atoms. The monoisotopic (exact) mass is 1130 g/mol. The van der Waals surface area contributed by atoms with E-state index in [0.29, 0.717) is 19.3 Å². The molecule has 0 radical (unpaired) electrons. The Hall–Kier alpha value is -2.89. The van der Waals surface area contributed by atoms with Crippen molar-refractivity contribution < 1.29 is 28.6 Å². The Bertz CT molecular complexity index is 1440. The molecule has 6 nitrogen and oxygen atoms in total. The average Bonchev–Trinajstić information content (AvgIpc) is 3.46. The molecular weight excluding hydrogens is 997 g/mol.